The van der Waals surface area contributed by atoms with Crippen LogP contribution < -0.4 is 10.1 Å². The minimum absolute atomic E-state index is 0.259. The monoisotopic (exact) mass is 231 g/mol. The summed E-state index contributed by atoms with van der Waals surface area (Å²) in [7, 11) is 0. The van der Waals surface area contributed by atoms with Crippen LogP contribution in [-0.4, -0.2) is 18.7 Å². The summed E-state index contributed by atoms with van der Waals surface area (Å²) in [5.74, 6) is 1.04. The van der Waals surface area contributed by atoms with Crippen LogP contribution in [0.2, 0.25) is 0 Å². The number of benzene rings is 1. The van der Waals surface area contributed by atoms with Gasteiger partial charge in [0, 0.05) is 12.6 Å². The second-order valence-corrected chi connectivity index (χ2v) is 5.40. The molecular formula is C15H21NO. The van der Waals surface area contributed by atoms with E-state index in [9.17, 15) is 0 Å². The first-order valence-corrected chi connectivity index (χ1v) is 6.83. The molecule has 0 radical (unpaired) electrons. The van der Waals surface area contributed by atoms with Gasteiger partial charge in [-0.2, -0.15) is 0 Å². The standard InChI is InChI=1S/C15H21NO/c1-11(10-16-14-6-7-14)17-15-8-5-12-3-2-4-13(12)9-15/h5,8-9,11,14,16H,2-4,6-7,10H2,1H3. The molecule has 0 bridgehead atoms. The largest absolute Gasteiger partial charge is 0.489 e. The van der Waals surface area contributed by atoms with Crippen molar-refractivity contribution >= 4 is 0 Å². The maximum absolute atomic E-state index is 5.96. The Balaban J connectivity index is 1.56. The van der Waals surface area contributed by atoms with Crippen molar-refractivity contribution in [1.82, 2.24) is 5.32 Å². The zero-order valence-corrected chi connectivity index (χ0v) is 10.5. The Kier molecular flexibility index (Phi) is 3.06. The van der Waals surface area contributed by atoms with Crippen LogP contribution in [0.15, 0.2) is 18.2 Å². The van der Waals surface area contributed by atoms with E-state index < -0.39 is 0 Å². The van der Waals surface area contributed by atoms with Gasteiger partial charge in [-0.3, -0.25) is 0 Å². The first kappa shape index (κ1) is 11.1. The molecule has 0 amide bonds. The van der Waals surface area contributed by atoms with Crippen LogP contribution >= 0.6 is 0 Å². The fraction of sp³-hybridized carbons (Fsp3) is 0.600. The topological polar surface area (TPSA) is 21.3 Å². The quantitative estimate of drug-likeness (QED) is 0.841. The van der Waals surface area contributed by atoms with Crippen LogP contribution in [0.1, 0.15) is 37.3 Å². The molecule has 1 aromatic rings. The number of aryl methyl sites for hydroxylation is 2. The molecule has 1 atom stereocenters. The van der Waals surface area contributed by atoms with Gasteiger partial charge in [-0.15, -0.1) is 0 Å². The van der Waals surface area contributed by atoms with E-state index in [2.05, 4.69) is 30.4 Å². The van der Waals surface area contributed by atoms with Crippen molar-refractivity contribution < 1.29 is 4.74 Å². The third-order valence-corrected chi connectivity index (χ3v) is 3.68. The Morgan fingerprint density at radius 3 is 2.94 bits per heavy atom. The average molecular weight is 231 g/mol. The number of fused-ring (bicyclic) bond motifs is 1. The first-order valence-electron chi connectivity index (χ1n) is 6.83. The van der Waals surface area contributed by atoms with Gasteiger partial charge in [0.05, 0.1) is 0 Å². The second kappa shape index (κ2) is 4.69. The molecule has 0 spiro atoms. The number of nitrogens with one attached hydrogen (secondary N) is 1. The molecule has 2 aliphatic carbocycles. The summed E-state index contributed by atoms with van der Waals surface area (Å²) in [6.07, 6.45) is 6.71. The van der Waals surface area contributed by atoms with Crippen LogP contribution in [0, 0.1) is 0 Å². The molecule has 2 nitrogen and oxygen atoms in total. The van der Waals surface area contributed by atoms with Crippen molar-refractivity contribution in [3.8, 4) is 5.75 Å². The average Bonchev–Trinajstić information content (AvgIpc) is 3.04. The van der Waals surface area contributed by atoms with E-state index in [4.69, 9.17) is 4.74 Å². The van der Waals surface area contributed by atoms with Gasteiger partial charge in [0.25, 0.3) is 0 Å². The molecule has 1 fully saturated rings. The lowest BCUT2D eigenvalue weighted by atomic mass is 10.1. The molecule has 92 valence electrons. The van der Waals surface area contributed by atoms with E-state index in [1.165, 1.54) is 43.2 Å². The van der Waals surface area contributed by atoms with Gasteiger partial charge >= 0.3 is 0 Å². The summed E-state index contributed by atoms with van der Waals surface area (Å²) in [4.78, 5) is 0. The number of hydrogen-bond acceptors (Lipinski definition) is 2. The van der Waals surface area contributed by atoms with Crippen molar-refractivity contribution in [2.75, 3.05) is 6.54 Å². The molecular weight excluding hydrogens is 210 g/mol. The van der Waals surface area contributed by atoms with E-state index in [0.29, 0.717) is 0 Å². The molecule has 1 saturated carbocycles. The maximum Gasteiger partial charge on any atom is 0.120 e. The summed E-state index contributed by atoms with van der Waals surface area (Å²) in [5, 5.41) is 3.50. The summed E-state index contributed by atoms with van der Waals surface area (Å²) in [5.41, 5.74) is 3.01. The van der Waals surface area contributed by atoms with Crippen molar-refractivity contribution in [3.63, 3.8) is 0 Å². The van der Waals surface area contributed by atoms with Crippen molar-refractivity contribution in [1.29, 1.82) is 0 Å². The van der Waals surface area contributed by atoms with Gasteiger partial charge in [-0.1, -0.05) is 6.07 Å². The van der Waals surface area contributed by atoms with E-state index in [1.54, 1.807) is 0 Å². The van der Waals surface area contributed by atoms with Gasteiger partial charge in [0.15, 0.2) is 0 Å². The number of hydrogen-bond donors (Lipinski definition) is 1. The molecule has 1 N–H and O–H groups in total. The molecule has 3 rings (SSSR count). The third-order valence-electron chi connectivity index (χ3n) is 3.68. The summed E-state index contributed by atoms with van der Waals surface area (Å²) in [6.45, 7) is 3.10. The maximum atomic E-state index is 5.96. The highest BCUT2D eigenvalue weighted by molar-refractivity contribution is 5.38. The lowest BCUT2D eigenvalue weighted by molar-refractivity contribution is 0.216. The summed E-state index contributed by atoms with van der Waals surface area (Å²) >= 11 is 0. The van der Waals surface area contributed by atoms with E-state index in [1.807, 2.05) is 0 Å². The molecule has 0 aromatic heterocycles. The Morgan fingerprint density at radius 1 is 1.29 bits per heavy atom. The minimum atomic E-state index is 0.259. The van der Waals surface area contributed by atoms with Gasteiger partial charge in [-0.25, -0.2) is 0 Å². The molecule has 17 heavy (non-hydrogen) atoms. The highest BCUT2D eigenvalue weighted by Gasteiger charge is 2.21. The normalized spacial score (nSPS) is 20.1. The lowest BCUT2D eigenvalue weighted by Gasteiger charge is -2.16. The minimum Gasteiger partial charge on any atom is -0.489 e. The molecule has 1 unspecified atom stereocenters. The Labute approximate surface area is 103 Å². The van der Waals surface area contributed by atoms with Gasteiger partial charge in [0.1, 0.15) is 11.9 Å². The van der Waals surface area contributed by atoms with Crippen molar-refractivity contribution in [2.24, 2.45) is 0 Å². The highest BCUT2D eigenvalue weighted by Crippen LogP contribution is 2.26. The predicted molar refractivity (Wildman–Crippen MR) is 69.6 cm³/mol. The first-order chi connectivity index (χ1) is 8.31. The van der Waals surface area contributed by atoms with Crippen LogP contribution in [0.3, 0.4) is 0 Å². The Bertz CT molecular complexity index is 398. The number of ether oxygens (including phenoxy) is 1. The Morgan fingerprint density at radius 2 is 2.12 bits per heavy atom. The fourth-order valence-electron chi connectivity index (χ4n) is 2.52. The molecule has 0 heterocycles. The zero-order valence-electron chi connectivity index (χ0n) is 10.5. The van der Waals surface area contributed by atoms with Crippen molar-refractivity contribution in [2.45, 2.75) is 51.2 Å². The van der Waals surface area contributed by atoms with Crippen LogP contribution in [0.4, 0.5) is 0 Å². The molecule has 2 heteroatoms. The molecule has 1 aromatic carbocycles. The third kappa shape index (κ3) is 2.81. The van der Waals surface area contributed by atoms with Crippen LogP contribution in [-0.2, 0) is 12.8 Å². The van der Waals surface area contributed by atoms with Gasteiger partial charge in [-0.05, 0) is 62.3 Å². The van der Waals surface area contributed by atoms with Crippen LogP contribution in [0.5, 0.6) is 5.75 Å². The molecule has 0 saturated heterocycles. The molecule has 2 aliphatic rings. The van der Waals surface area contributed by atoms with Crippen LogP contribution in [0.25, 0.3) is 0 Å². The zero-order chi connectivity index (χ0) is 11.7. The van der Waals surface area contributed by atoms with Gasteiger partial charge < -0.3 is 10.1 Å². The second-order valence-electron chi connectivity index (χ2n) is 5.40. The summed E-state index contributed by atoms with van der Waals surface area (Å²) < 4.78 is 5.96. The Hall–Kier alpha value is -1.02. The van der Waals surface area contributed by atoms with Crippen molar-refractivity contribution in [3.05, 3.63) is 29.3 Å². The lowest BCUT2D eigenvalue weighted by Crippen LogP contribution is -2.30. The highest BCUT2D eigenvalue weighted by atomic mass is 16.5. The smallest absolute Gasteiger partial charge is 0.120 e. The predicted octanol–water partition coefficient (Wildman–Crippen LogP) is 2.69. The van der Waals surface area contributed by atoms with E-state index in [0.717, 1.165) is 18.3 Å². The molecule has 0 aliphatic heterocycles. The van der Waals surface area contributed by atoms with E-state index in [-0.39, 0.29) is 6.10 Å². The number of rotatable bonds is 5. The van der Waals surface area contributed by atoms with Gasteiger partial charge in [0.2, 0.25) is 0 Å². The summed E-state index contributed by atoms with van der Waals surface area (Å²) in [6, 6.07) is 7.35. The fourth-order valence-corrected chi connectivity index (χ4v) is 2.52. The SMILES string of the molecule is CC(CNC1CC1)Oc1ccc2c(c1)CCC2. The van der Waals surface area contributed by atoms with E-state index >= 15 is 0 Å².